The molecule has 0 aromatic heterocycles. The van der Waals surface area contributed by atoms with Crippen molar-refractivity contribution in [1.29, 1.82) is 0 Å². The molecule has 0 bridgehead atoms. The second kappa shape index (κ2) is 6.71. The van der Waals surface area contributed by atoms with E-state index in [1.165, 1.54) is 0 Å². The third-order valence-electron chi connectivity index (χ3n) is 4.13. The van der Waals surface area contributed by atoms with E-state index in [2.05, 4.69) is 17.6 Å². The Hall–Kier alpha value is -2.23. The Bertz CT molecular complexity index is 869. The van der Waals surface area contributed by atoms with Gasteiger partial charge < -0.3 is 11.5 Å². The molecule has 4 N–H and O–H groups in total. The Morgan fingerprint density at radius 3 is 2.62 bits per heavy atom. The summed E-state index contributed by atoms with van der Waals surface area (Å²) in [6, 6.07) is 13.8. The van der Waals surface area contributed by atoms with Crippen LogP contribution in [0.25, 0.3) is 5.70 Å². The predicted molar refractivity (Wildman–Crippen MR) is 102 cm³/mol. The fourth-order valence-electron chi connectivity index (χ4n) is 2.97. The first kappa shape index (κ1) is 16.6. The van der Waals surface area contributed by atoms with Crippen LogP contribution in [-0.4, -0.2) is 6.21 Å². The molecule has 24 heavy (non-hydrogen) atoms. The molecule has 1 aliphatic carbocycles. The van der Waals surface area contributed by atoms with Crippen molar-refractivity contribution >= 4 is 35.1 Å². The SMILES string of the molecule is C=C(N)/N=C\C1=C(N)c2ccccc2[C@@H](c2ccc(Cl)c(Cl)c2)C1. The fourth-order valence-corrected chi connectivity index (χ4v) is 3.28. The van der Waals surface area contributed by atoms with Crippen LogP contribution in [0.2, 0.25) is 10.0 Å². The van der Waals surface area contributed by atoms with E-state index >= 15 is 0 Å². The van der Waals surface area contributed by atoms with Gasteiger partial charge in [-0.05, 0) is 35.3 Å². The molecule has 0 radical (unpaired) electrons. The number of nitrogens with two attached hydrogens (primary N) is 2. The number of allylic oxidation sites excluding steroid dienone is 1. The van der Waals surface area contributed by atoms with Crippen LogP contribution in [-0.2, 0) is 0 Å². The standard InChI is InChI=1S/C19H17Cl2N3/c1-11(22)24-10-13-8-16(12-6-7-17(20)18(21)9-12)14-4-2-3-5-15(14)19(13)23/h2-7,9-10,16H,1,8,22-23H2/b24-10-/t16-/m1/s1. The van der Waals surface area contributed by atoms with Crippen LogP contribution in [0.1, 0.15) is 29.0 Å². The van der Waals surface area contributed by atoms with E-state index in [4.69, 9.17) is 34.7 Å². The van der Waals surface area contributed by atoms with E-state index < -0.39 is 0 Å². The summed E-state index contributed by atoms with van der Waals surface area (Å²) in [6.45, 7) is 3.59. The monoisotopic (exact) mass is 357 g/mol. The van der Waals surface area contributed by atoms with Gasteiger partial charge in [0.05, 0.1) is 10.0 Å². The molecule has 0 heterocycles. The van der Waals surface area contributed by atoms with Gasteiger partial charge in [0.15, 0.2) is 0 Å². The molecule has 0 aliphatic heterocycles. The molecule has 0 fully saturated rings. The Morgan fingerprint density at radius 2 is 1.92 bits per heavy atom. The molecule has 1 aliphatic rings. The molecule has 3 rings (SSSR count). The maximum absolute atomic E-state index is 6.34. The summed E-state index contributed by atoms with van der Waals surface area (Å²) in [5.74, 6) is 0.371. The summed E-state index contributed by atoms with van der Waals surface area (Å²) in [6.07, 6.45) is 2.40. The van der Waals surface area contributed by atoms with Crippen LogP contribution in [0.5, 0.6) is 0 Å². The number of hydrogen-bond acceptors (Lipinski definition) is 3. The highest BCUT2D eigenvalue weighted by molar-refractivity contribution is 6.42. The normalized spacial score (nSPS) is 17.2. The second-order valence-electron chi connectivity index (χ2n) is 5.71. The minimum Gasteiger partial charge on any atom is -0.398 e. The minimum atomic E-state index is 0.121. The van der Waals surface area contributed by atoms with Gasteiger partial charge in [-0.15, -0.1) is 0 Å². The van der Waals surface area contributed by atoms with E-state index in [0.717, 1.165) is 22.3 Å². The van der Waals surface area contributed by atoms with E-state index in [9.17, 15) is 0 Å². The van der Waals surface area contributed by atoms with E-state index in [1.54, 1.807) is 6.21 Å². The molecular weight excluding hydrogens is 341 g/mol. The van der Waals surface area contributed by atoms with Gasteiger partial charge in [0.25, 0.3) is 0 Å². The summed E-state index contributed by atoms with van der Waals surface area (Å²) in [5.41, 5.74) is 16.8. The molecule has 3 nitrogen and oxygen atoms in total. The number of fused-ring (bicyclic) bond motifs is 1. The lowest BCUT2D eigenvalue weighted by molar-refractivity contribution is 0.799. The lowest BCUT2D eigenvalue weighted by Gasteiger charge is -2.28. The van der Waals surface area contributed by atoms with Crippen molar-refractivity contribution < 1.29 is 0 Å². The molecule has 0 saturated carbocycles. The molecule has 0 amide bonds. The van der Waals surface area contributed by atoms with Crippen LogP contribution < -0.4 is 11.5 Å². The quantitative estimate of drug-likeness (QED) is 0.781. The average molecular weight is 358 g/mol. The van der Waals surface area contributed by atoms with Crippen molar-refractivity contribution in [1.82, 2.24) is 0 Å². The highest BCUT2D eigenvalue weighted by Gasteiger charge is 2.26. The molecule has 0 unspecified atom stereocenters. The summed E-state index contributed by atoms with van der Waals surface area (Å²) in [4.78, 5) is 4.10. The molecule has 122 valence electrons. The lowest BCUT2D eigenvalue weighted by Crippen LogP contribution is -2.17. The Balaban J connectivity index is 2.11. The molecule has 2 aromatic carbocycles. The number of benzene rings is 2. The van der Waals surface area contributed by atoms with Gasteiger partial charge in [-0.1, -0.05) is 60.1 Å². The van der Waals surface area contributed by atoms with Gasteiger partial charge in [0.1, 0.15) is 5.82 Å². The maximum Gasteiger partial charge on any atom is 0.116 e. The molecule has 2 aromatic rings. The van der Waals surface area contributed by atoms with E-state index in [0.29, 0.717) is 22.2 Å². The molecule has 5 heteroatoms. The fraction of sp³-hybridized carbons (Fsp3) is 0.105. The summed E-state index contributed by atoms with van der Waals surface area (Å²) >= 11 is 12.3. The Labute approximate surface area is 151 Å². The zero-order valence-corrected chi connectivity index (χ0v) is 14.5. The second-order valence-corrected chi connectivity index (χ2v) is 6.52. The third-order valence-corrected chi connectivity index (χ3v) is 4.87. The van der Waals surface area contributed by atoms with Crippen LogP contribution in [0.15, 0.2) is 65.4 Å². The summed E-state index contributed by atoms with van der Waals surface area (Å²) < 4.78 is 0. The summed E-state index contributed by atoms with van der Waals surface area (Å²) in [5, 5.41) is 1.08. The topological polar surface area (TPSA) is 64.4 Å². The van der Waals surface area contributed by atoms with Crippen molar-refractivity contribution in [2.24, 2.45) is 16.5 Å². The Morgan fingerprint density at radius 1 is 1.17 bits per heavy atom. The van der Waals surface area contributed by atoms with E-state index in [1.807, 2.05) is 36.4 Å². The highest BCUT2D eigenvalue weighted by Crippen LogP contribution is 2.41. The van der Waals surface area contributed by atoms with Gasteiger partial charge in [-0.2, -0.15) is 0 Å². The van der Waals surface area contributed by atoms with Gasteiger partial charge in [-0.3, -0.25) is 0 Å². The third kappa shape index (κ3) is 3.18. The number of rotatable bonds is 3. The van der Waals surface area contributed by atoms with Gasteiger partial charge in [0, 0.05) is 23.4 Å². The molecule has 1 atom stereocenters. The Kier molecular flexibility index (Phi) is 4.65. The largest absolute Gasteiger partial charge is 0.398 e. The zero-order valence-electron chi connectivity index (χ0n) is 13.0. The van der Waals surface area contributed by atoms with Crippen molar-refractivity contribution in [3.05, 3.63) is 87.2 Å². The van der Waals surface area contributed by atoms with Crippen molar-refractivity contribution in [3.63, 3.8) is 0 Å². The smallest absolute Gasteiger partial charge is 0.116 e. The van der Waals surface area contributed by atoms with Crippen LogP contribution in [0, 0.1) is 0 Å². The van der Waals surface area contributed by atoms with Crippen LogP contribution in [0.4, 0.5) is 0 Å². The van der Waals surface area contributed by atoms with Crippen LogP contribution in [0.3, 0.4) is 0 Å². The molecule has 0 spiro atoms. The maximum atomic E-state index is 6.34. The van der Waals surface area contributed by atoms with Gasteiger partial charge in [-0.25, -0.2) is 4.99 Å². The lowest BCUT2D eigenvalue weighted by atomic mass is 9.78. The first-order valence-corrected chi connectivity index (χ1v) is 8.24. The number of nitrogens with zero attached hydrogens (tertiary/aromatic N) is 1. The van der Waals surface area contributed by atoms with E-state index in [-0.39, 0.29) is 11.7 Å². The predicted octanol–water partition coefficient (Wildman–Crippen LogP) is 4.70. The first-order valence-electron chi connectivity index (χ1n) is 7.48. The first-order chi connectivity index (χ1) is 11.5. The van der Waals surface area contributed by atoms with Crippen LogP contribution >= 0.6 is 23.2 Å². The molecular formula is C19H17Cl2N3. The number of halogens is 2. The number of hydrogen-bond donors (Lipinski definition) is 2. The van der Waals surface area contributed by atoms with Crippen molar-refractivity contribution in [2.75, 3.05) is 0 Å². The average Bonchev–Trinajstić information content (AvgIpc) is 2.57. The summed E-state index contributed by atoms with van der Waals surface area (Å²) in [7, 11) is 0. The van der Waals surface area contributed by atoms with Gasteiger partial charge in [0.2, 0.25) is 0 Å². The molecule has 0 saturated heterocycles. The minimum absolute atomic E-state index is 0.121. The van der Waals surface area contributed by atoms with Crippen molar-refractivity contribution in [2.45, 2.75) is 12.3 Å². The zero-order chi connectivity index (χ0) is 17.3. The van der Waals surface area contributed by atoms with Gasteiger partial charge >= 0.3 is 0 Å². The highest BCUT2D eigenvalue weighted by atomic mass is 35.5. The number of aliphatic imine (C=N–C) groups is 1. The van der Waals surface area contributed by atoms with Crippen molar-refractivity contribution in [3.8, 4) is 0 Å².